The zero-order valence-electron chi connectivity index (χ0n) is 21.1. The number of benzene rings is 3. The summed E-state index contributed by atoms with van der Waals surface area (Å²) >= 11 is 6.05. The van der Waals surface area contributed by atoms with Gasteiger partial charge in [0, 0.05) is 11.4 Å². The Morgan fingerprint density at radius 1 is 1.05 bits per heavy atom. The maximum absolute atomic E-state index is 13.8. The lowest BCUT2D eigenvalue weighted by Crippen LogP contribution is -2.44. The second-order valence-electron chi connectivity index (χ2n) is 9.47. The third-order valence-electron chi connectivity index (χ3n) is 7.07. The summed E-state index contributed by atoms with van der Waals surface area (Å²) in [5.74, 6) is -1.60. The molecule has 1 saturated heterocycles. The molecule has 0 aromatic heterocycles. The number of nitrogens with zero attached hydrogens (tertiary/aromatic N) is 6. The Bertz CT molecular complexity index is 1560. The van der Waals surface area contributed by atoms with Crippen LogP contribution >= 0.6 is 11.6 Å². The molecule has 0 bridgehead atoms. The van der Waals surface area contributed by atoms with Crippen molar-refractivity contribution in [2.45, 2.75) is 24.5 Å². The topological polar surface area (TPSA) is 107 Å². The molecule has 0 radical (unpaired) electrons. The van der Waals surface area contributed by atoms with E-state index in [0.717, 1.165) is 22.1 Å². The summed E-state index contributed by atoms with van der Waals surface area (Å²) in [4.78, 5) is 40.8. The van der Waals surface area contributed by atoms with Gasteiger partial charge in [-0.15, -0.1) is 0 Å². The Morgan fingerprint density at radius 2 is 1.80 bits per heavy atom. The molecule has 3 aromatic rings. The van der Waals surface area contributed by atoms with E-state index < -0.39 is 41.7 Å². The first kappa shape index (κ1) is 25.6. The third-order valence-corrected chi connectivity index (χ3v) is 7.32. The largest absolute Gasteiger partial charge is 0.497 e. The number of imide groups is 1. The highest BCUT2D eigenvalue weighted by Crippen LogP contribution is 2.36. The van der Waals surface area contributed by atoms with E-state index in [-0.39, 0.29) is 12.2 Å². The van der Waals surface area contributed by atoms with Gasteiger partial charge in [0.25, 0.3) is 17.7 Å². The van der Waals surface area contributed by atoms with Crippen LogP contribution in [0.3, 0.4) is 0 Å². The molecule has 3 atom stereocenters. The standard InChI is InChI=1S/C28H22ClFN6O4/c1-40-21-11-7-17(8-12-21)23-14-22(16-5-9-18(29)10-6-16)32-36(23)24(37)15-34-26-25(31-33-34)27(38)35(28(26)39)20-4-2-3-19(30)13-20/h2-13,23,25-26H,14-15H2,1H3/t23-,25+,26+/m1/s1. The van der Waals surface area contributed by atoms with Crippen LogP contribution in [-0.4, -0.2) is 59.2 Å². The van der Waals surface area contributed by atoms with Crippen molar-refractivity contribution >= 4 is 40.7 Å². The van der Waals surface area contributed by atoms with Crippen LogP contribution in [0.25, 0.3) is 0 Å². The first-order valence-electron chi connectivity index (χ1n) is 12.4. The Balaban J connectivity index is 1.26. The molecule has 3 aliphatic rings. The van der Waals surface area contributed by atoms with E-state index in [1.165, 1.54) is 28.2 Å². The maximum atomic E-state index is 13.8. The Hall–Kier alpha value is -4.64. The molecule has 3 heterocycles. The molecule has 202 valence electrons. The molecular weight excluding hydrogens is 539 g/mol. The predicted octanol–water partition coefficient (Wildman–Crippen LogP) is 4.16. The fourth-order valence-electron chi connectivity index (χ4n) is 5.08. The van der Waals surface area contributed by atoms with Gasteiger partial charge in [-0.2, -0.15) is 10.2 Å². The summed E-state index contributed by atoms with van der Waals surface area (Å²) in [6.45, 7) is -0.343. The Labute approximate surface area is 233 Å². The van der Waals surface area contributed by atoms with Gasteiger partial charge < -0.3 is 4.74 Å². The smallest absolute Gasteiger partial charge is 0.264 e. The molecule has 3 amide bonds. The van der Waals surface area contributed by atoms with Crippen molar-refractivity contribution in [1.82, 2.24) is 10.0 Å². The molecule has 0 N–H and O–H groups in total. The van der Waals surface area contributed by atoms with Gasteiger partial charge in [0.05, 0.1) is 24.6 Å². The molecular formula is C28H22ClFN6O4. The van der Waals surface area contributed by atoms with Crippen LogP contribution in [0.2, 0.25) is 5.02 Å². The monoisotopic (exact) mass is 560 g/mol. The minimum Gasteiger partial charge on any atom is -0.497 e. The minimum absolute atomic E-state index is 0.0993. The van der Waals surface area contributed by atoms with Crippen molar-refractivity contribution < 1.29 is 23.5 Å². The lowest BCUT2D eigenvalue weighted by molar-refractivity contribution is -0.135. The van der Waals surface area contributed by atoms with E-state index in [2.05, 4.69) is 15.4 Å². The molecule has 40 heavy (non-hydrogen) atoms. The highest BCUT2D eigenvalue weighted by molar-refractivity contribution is 6.30. The Morgan fingerprint density at radius 3 is 2.50 bits per heavy atom. The average Bonchev–Trinajstić information content (AvgIpc) is 3.64. The van der Waals surface area contributed by atoms with Crippen LogP contribution in [0, 0.1) is 5.82 Å². The van der Waals surface area contributed by atoms with Crippen LogP contribution in [0.4, 0.5) is 10.1 Å². The number of halogens is 2. The molecule has 0 spiro atoms. The minimum atomic E-state index is -1.12. The van der Waals surface area contributed by atoms with Gasteiger partial charge in [0.2, 0.25) is 0 Å². The number of methoxy groups -OCH3 is 1. The number of fused-ring (bicyclic) bond motifs is 1. The number of hydrogen-bond donors (Lipinski definition) is 0. The summed E-state index contributed by atoms with van der Waals surface area (Å²) in [5.41, 5.74) is 2.45. The fraction of sp³-hybridized carbons (Fsp3) is 0.214. The van der Waals surface area contributed by atoms with Crippen LogP contribution in [0.1, 0.15) is 23.6 Å². The van der Waals surface area contributed by atoms with Gasteiger partial charge in [0.1, 0.15) is 18.1 Å². The molecule has 6 rings (SSSR count). The highest BCUT2D eigenvalue weighted by atomic mass is 35.5. The summed E-state index contributed by atoms with van der Waals surface area (Å²) in [6, 6.07) is 17.1. The van der Waals surface area contributed by atoms with Crippen LogP contribution < -0.4 is 9.64 Å². The number of ether oxygens (including phenoxy) is 1. The fourth-order valence-corrected chi connectivity index (χ4v) is 5.20. The number of hydrazone groups is 1. The summed E-state index contributed by atoms with van der Waals surface area (Å²) in [6.07, 6.45) is 0.442. The summed E-state index contributed by atoms with van der Waals surface area (Å²) in [5, 5.41) is 15.7. The zero-order chi connectivity index (χ0) is 28.0. The second kappa shape index (κ2) is 10.2. The van der Waals surface area contributed by atoms with E-state index in [1.54, 1.807) is 31.4 Å². The molecule has 3 aromatic carbocycles. The first-order chi connectivity index (χ1) is 19.3. The quantitative estimate of drug-likeness (QED) is 0.421. The summed E-state index contributed by atoms with van der Waals surface area (Å²) in [7, 11) is 1.57. The second-order valence-corrected chi connectivity index (χ2v) is 9.91. The zero-order valence-corrected chi connectivity index (χ0v) is 21.9. The van der Waals surface area contributed by atoms with E-state index in [9.17, 15) is 18.8 Å². The number of rotatable bonds is 6. The predicted molar refractivity (Wildman–Crippen MR) is 143 cm³/mol. The van der Waals surface area contributed by atoms with E-state index in [0.29, 0.717) is 22.9 Å². The number of carbonyl (C=O) groups excluding carboxylic acids is 3. The highest BCUT2D eigenvalue weighted by Gasteiger charge is 2.55. The van der Waals surface area contributed by atoms with Gasteiger partial charge >= 0.3 is 0 Å². The molecule has 10 nitrogen and oxygen atoms in total. The van der Waals surface area contributed by atoms with Gasteiger partial charge in [-0.3, -0.25) is 19.4 Å². The lowest BCUT2D eigenvalue weighted by atomic mass is 9.98. The average molecular weight is 561 g/mol. The van der Waals surface area contributed by atoms with Gasteiger partial charge in [-0.05, 0) is 53.6 Å². The van der Waals surface area contributed by atoms with Gasteiger partial charge in [-0.1, -0.05) is 47.2 Å². The number of carbonyl (C=O) groups is 3. The molecule has 12 heteroatoms. The Kier molecular flexibility index (Phi) is 6.51. The summed E-state index contributed by atoms with van der Waals surface area (Å²) < 4.78 is 19.1. The number of anilines is 1. The van der Waals surface area contributed by atoms with Crippen molar-refractivity contribution in [2.24, 2.45) is 15.4 Å². The van der Waals surface area contributed by atoms with E-state index in [1.807, 2.05) is 24.3 Å². The van der Waals surface area contributed by atoms with E-state index >= 15 is 0 Å². The number of hydrogen-bond acceptors (Lipinski definition) is 8. The van der Waals surface area contributed by atoms with Crippen LogP contribution in [-0.2, 0) is 14.4 Å². The van der Waals surface area contributed by atoms with Crippen molar-refractivity contribution in [3.8, 4) is 5.75 Å². The van der Waals surface area contributed by atoms with Crippen molar-refractivity contribution in [1.29, 1.82) is 0 Å². The molecule has 0 saturated carbocycles. The lowest BCUT2D eigenvalue weighted by Gasteiger charge is -2.25. The third kappa shape index (κ3) is 4.47. The molecule has 0 aliphatic carbocycles. The van der Waals surface area contributed by atoms with Crippen molar-refractivity contribution in [3.05, 3.63) is 94.8 Å². The normalized spacial score (nSPS) is 21.7. The van der Waals surface area contributed by atoms with Crippen molar-refractivity contribution in [3.63, 3.8) is 0 Å². The number of amides is 3. The SMILES string of the molecule is COc1ccc([C@H]2CC(c3ccc(Cl)cc3)=NN2C(=O)CN2N=N[C@@H]3C(=O)N(c4cccc(F)c4)C(=O)[C@H]32)cc1. The first-order valence-corrected chi connectivity index (χ1v) is 12.8. The molecule has 3 aliphatic heterocycles. The van der Waals surface area contributed by atoms with Gasteiger partial charge in [-0.25, -0.2) is 14.3 Å². The van der Waals surface area contributed by atoms with Crippen LogP contribution in [0.5, 0.6) is 5.75 Å². The van der Waals surface area contributed by atoms with Crippen molar-refractivity contribution in [2.75, 3.05) is 18.6 Å². The molecule has 1 fully saturated rings. The van der Waals surface area contributed by atoms with E-state index in [4.69, 9.17) is 16.3 Å². The van der Waals surface area contributed by atoms with Crippen LogP contribution in [0.15, 0.2) is 88.2 Å². The molecule has 0 unspecified atom stereocenters. The van der Waals surface area contributed by atoms with Gasteiger partial charge in [0.15, 0.2) is 12.1 Å². The maximum Gasteiger partial charge on any atom is 0.264 e.